The van der Waals surface area contributed by atoms with Crippen molar-refractivity contribution in [2.24, 2.45) is 0 Å². The lowest BCUT2D eigenvalue weighted by molar-refractivity contribution is -0.116. The van der Waals surface area contributed by atoms with Crippen molar-refractivity contribution in [3.05, 3.63) is 75.9 Å². The molecule has 4 aromatic rings. The summed E-state index contributed by atoms with van der Waals surface area (Å²) in [5.41, 5.74) is 2.23. The largest absolute Gasteiger partial charge is 0.495 e. The number of amides is 1. The molecule has 0 atom stereocenters. The van der Waals surface area contributed by atoms with Crippen molar-refractivity contribution in [1.82, 2.24) is 19.3 Å². The monoisotopic (exact) mass is 423 g/mol. The topological polar surface area (TPSA) is 91.0 Å². The third kappa shape index (κ3) is 3.65. The molecule has 0 aliphatic heterocycles. The summed E-state index contributed by atoms with van der Waals surface area (Å²) >= 11 is 6.11. The van der Waals surface area contributed by atoms with Gasteiger partial charge in [-0.25, -0.2) is 9.67 Å². The van der Waals surface area contributed by atoms with Gasteiger partial charge in [-0.3, -0.25) is 14.2 Å². The van der Waals surface area contributed by atoms with Gasteiger partial charge in [0.1, 0.15) is 24.0 Å². The molecular weight excluding hydrogens is 406 g/mol. The maximum Gasteiger partial charge on any atom is 0.264 e. The smallest absolute Gasteiger partial charge is 0.264 e. The number of rotatable bonds is 5. The summed E-state index contributed by atoms with van der Waals surface area (Å²) < 4.78 is 8.03. The second kappa shape index (κ2) is 8.00. The molecule has 0 spiro atoms. The Morgan fingerprint density at radius 1 is 1.23 bits per heavy atom. The Hall–Kier alpha value is -3.65. The summed E-state index contributed by atoms with van der Waals surface area (Å²) in [4.78, 5) is 29.7. The number of aromatic nitrogens is 4. The lowest BCUT2D eigenvalue weighted by Crippen LogP contribution is -2.28. The van der Waals surface area contributed by atoms with Crippen LogP contribution >= 0.6 is 11.6 Å². The number of fused-ring (bicyclic) bond motifs is 1. The summed E-state index contributed by atoms with van der Waals surface area (Å²) in [6, 6.07) is 12.5. The highest BCUT2D eigenvalue weighted by molar-refractivity contribution is 6.30. The predicted octanol–water partition coefficient (Wildman–Crippen LogP) is 3.19. The highest BCUT2D eigenvalue weighted by Crippen LogP contribution is 2.23. The Balaban J connectivity index is 1.64. The van der Waals surface area contributed by atoms with Crippen LogP contribution in [0, 0.1) is 6.92 Å². The quantitative estimate of drug-likeness (QED) is 0.532. The number of methoxy groups -OCH3 is 1. The molecular formula is C21H18ClN5O3. The molecule has 2 aromatic heterocycles. The van der Waals surface area contributed by atoms with Gasteiger partial charge >= 0.3 is 0 Å². The molecule has 0 fully saturated rings. The van der Waals surface area contributed by atoms with Gasteiger partial charge in [-0.05, 0) is 36.8 Å². The molecule has 30 heavy (non-hydrogen) atoms. The van der Waals surface area contributed by atoms with E-state index < -0.39 is 0 Å². The molecule has 2 aromatic carbocycles. The van der Waals surface area contributed by atoms with Crippen molar-refractivity contribution < 1.29 is 9.53 Å². The number of aryl methyl sites for hydroxylation is 1. The van der Waals surface area contributed by atoms with Crippen LogP contribution in [-0.2, 0) is 11.3 Å². The van der Waals surface area contributed by atoms with Crippen LogP contribution in [0.4, 0.5) is 5.69 Å². The third-order valence-corrected chi connectivity index (χ3v) is 4.88. The number of carbonyl (C=O) groups is 1. The number of hydrogen-bond acceptors (Lipinski definition) is 5. The van der Waals surface area contributed by atoms with E-state index in [1.54, 1.807) is 41.1 Å². The van der Waals surface area contributed by atoms with Crippen molar-refractivity contribution in [3.63, 3.8) is 0 Å². The minimum atomic E-state index is -0.374. The van der Waals surface area contributed by atoms with Crippen molar-refractivity contribution in [3.8, 4) is 11.4 Å². The molecule has 2 heterocycles. The van der Waals surface area contributed by atoms with Crippen LogP contribution in [0.15, 0.2) is 59.8 Å². The van der Waals surface area contributed by atoms with Crippen LogP contribution in [-0.4, -0.2) is 32.3 Å². The van der Waals surface area contributed by atoms with E-state index in [4.69, 9.17) is 16.3 Å². The van der Waals surface area contributed by atoms with Crippen LogP contribution in [0.25, 0.3) is 16.7 Å². The number of anilines is 1. The molecule has 0 saturated carbocycles. The average Bonchev–Trinajstić information content (AvgIpc) is 3.17. The van der Waals surface area contributed by atoms with E-state index in [0.717, 1.165) is 11.3 Å². The first-order valence-electron chi connectivity index (χ1n) is 9.10. The van der Waals surface area contributed by atoms with Gasteiger partial charge in [-0.15, -0.1) is 0 Å². The summed E-state index contributed by atoms with van der Waals surface area (Å²) in [6.45, 7) is 1.73. The fraction of sp³-hybridized carbons (Fsp3) is 0.143. The Bertz CT molecular complexity index is 1310. The number of carbonyl (C=O) groups excluding carboxylic acids is 1. The molecule has 0 radical (unpaired) electrons. The Labute approximate surface area is 176 Å². The van der Waals surface area contributed by atoms with E-state index in [9.17, 15) is 9.59 Å². The van der Waals surface area contributed by atoms with Gasteiger partial charge in [0.15, 0.2) is 5.65 Å². The molecule has 0 aliphatic rings. The maximum absolute atomic E-state index is 12.9. The molecule has 1 amide bonds. The van der Waals surface area contributed by atoms with E-state index >= 15 is 0 Å². The van der Waals surface area contributed by atoms with Crippen LogP contribution < -0.4 is 15.6 Å². The first kappa shape index (κ1) is 19.7. The number of para-hydroxylation sites is 2. The van der Waals surface area contributed by atoms with Crippen LogP contribution in [0.2, 0.25) is 5.02 Å². The fourth-order valence-electron chi connectivity index (χ4n) is 3.14. The van der Waals surface area contributed by atoms with Crippen LogP contribution in [0.3, 0.4) is 0 Å². The normalized spacial score (nSPS) is 10.9. The van der Waals surface area contributed by atoms with Crippen molar-refractivity contribution in [1.29, 1.82) is 0 Å². The summed E-state index contributed by atoms with van der Waals surface area (Å²) in [6.07, 6.45) is 2.78. The first-order chi connectivity index (χ1) is 14.5. The predicted molar refractivity (Wildman–Crippen MR) is 114 cm³/mol. The number of nitrogens with zero attached hydrogens (tertiary/aromatic N) is 4. The van der Waals surface area contributed by atoms with Crippen LogP contribution in [0.5, 0.6) is 5.75 Å². The molecule has 8 nitrogen and oxygen atoms in total. The molecule has 152 valence electrons. The second-order valence-electron chi connectivity index (χ2n) is 6.65. The first-order valence-corrected chi connectivity index (χ1v) is 9.48. The molecule has 0 bridgehead atoms. The summed E-state index contributed by atoms with van der Waals surface area (Å²) in [7, 11) is 1.52. The fourth-order valence-corrected chi connectivity index (χ4v) is 3.31. The molecule has 0 unspecified atom stereocenters. The highest BCUT2D eigenvalue weighted by Gasteiger charge is 2.15. The number of benzene rings is 2. The number of nitrogens with one attached hydrogen (secondary N) is 1. The third-order valence-electron chi connectivity index (χ3n) is 4.65. The van der Waals surface area contributed by atoms with Gasteiger partial charge in [-0.2, -0.15) is 5.10 Å². The zero-order valence-electron chi connectivity index (χ0n) is 16.3. The van der Waals surface area contributed by atoms with E-state index in [0.29, 0.717) is 27.5 Å². The zero-order valence-corrected chi connectivity index (χ0v) is 17.1. The standard InChI is InChI=1S/C21H18ClN5O3/c1-13-7-8-14(22)9-17(13)27-20-15(10-24-27)21(29)26(12-23-20)11-19(28)25-16-5-3-4-6-18(16)30-2/h3-10,12H,11H2,1-2H3,(H,25,28). The zero-order chi connectivity index (χ0) is 21.3. The summed E-state index contributed by atoms with van der Waals surface area (Å²) in [5, 5.41) is 7.91. The highest BCUT2D eigenvalue weighted by atomic mass is 35.5. The van der Waals surface area contributed by atoms with Gasteiger partial charge in [0.2, 0.25) is 5.91 Å². The van der Waals surface area contributed by atoms with Gasteiger partial charge in [0, 0.05) is 5.02 Å². The minimum absolute atomic E-state index is 0.193. The van der Waals surface area contributed by atoms with Gasteiger partial charge in [0.25, 0.3) is 5.56 Å². The lowest BCUT2D eigenvalue weighted by atomic mass is 10.2. The van der Waals surface area contributed by atoms with Crippen molar-refractivity contribution in [2.75, 3.05) is 12.4 Å². The minimum Gasteiger partial charge on any atom is -0.495 e. The lowest BCUT2D eigenvalue weighted by Gasteiger charge is -2.11. The van der Waals surface area contributed by atoms with Gasteiger partial charge < -0.3 is 10.1 Å². The Morgan fingerprint density at radius 3 is 2.83 bits per heavy atom. The van der Waals surface area contributed by atoms with E-state index in [2.05, 4.69) is 15.4 Å². The number of ether oxygens (including phenoxy) is 1. The van der Waals surface area contributed by atoms with Gasteiger partial charge in [0.05, 0.1) is 24.7 Å². The average molecular weight is 424 g/mol. The molecule has 4 rings (SSSR count). The van der Waals surface area contributed by atoms with Crippen molar-refractivity contribution >= 4 is 34.2 Å². The van der Waals surface area contributed by atoms with Gasteiger partial charge in [-0.1, -0.05) is 29.8 Å². The molecule has 9 heteroatoms. The summed E-state index contributed by atoms with van der Waals surface area (Å²) in [5.74, 6) is 0.158. The van der Waals surface area contributed by atoms with E-state index in [-0.39, 0.29) is 18.0 Å². The Morgan fingerprint density at radius 2 is 2.03 bits per heavy atom. The Kier molecular flexibility index (Phi) is 5.24. The van der Waals surface area contributed by atoms with Crippen molar-refractivity contribution in [2.45, 2.75) is 13.5 Å². The van der Waals surface area contributed by atoms with Crippen LogP contribution in [0.1, 0.15) is 5.56 Å². The number of halogens is 1. The van der Waals surface area contributed by atoms with E-state index in [1.165, 1.54) is 24.2 Å². The molecule has 0 saturated heterocycles. The maximum atomic E-state index is 12.9. The SMILES string of the molecule is COc1ccccc1NC(=O)Cn1cnc2c(cnn2-c2cc(Cl)ccc2C)c1=O. The van der Waals surface area contributed by atoms with E-state index in [1.807, 2.05) is 13.0 Å². The number of hydrogen-bond donors (Lipinski definition) is 1. The second-order valence-corrected chi connectivity index (χ2v) is 7.09. The molecule has 1 N–H and O–H groups in total. The molecule has 0 aliphatic carbocycles.